The molecule has 0 aliphatic carbocycles. The van der Waals surface area contributed by atoms with Crippen LogP contribution in [0.3, 0.4) is 0 Å². The summed E-state index contributed by atoms with van der Waals surface area (Å²) in [5.41, 5.74) is 3.02. The first-order valence-corrected chi connectivity index (χ1v) is 11.3. The standard InChI is InChI=1S/C23H20N4O6S/c1-33-20-13-11-19(12-14-20)26-34(31,32)21-9-4-7-18(16-21)23(28)25-24-15-5-8-17-6-2-3-10-22(17)27(29)30/h2-16,26H,1H3,(H,25,28). The molecule has 2 N–H and O–H groups in total. The van der Waals surface area contributed by atoms with Crippen LogP contribution in [-0.4, -0.2) is 32.6 Å². The first-order valence-electron chi connectivity index (χ1n) is 9.80. The fourth-order valence-corrected chi connectivity index (χ4v) is 3.93. The maximum Gasteiger partial charge on any atom is 0.276 e. The highest BCUT2D eigenvalue weighted by atomic mass is 32.2. The zero-order valence-corrected chi connectivity index (χ0v) is 18.7. The van der Waals surface area contributed by atoms with Crippen molar-refractivity contribution in [2.24, 2.45) is 5.10 Å². The van der Waals surface area contributed by atoms with Crippen LogP contribution in [0.15, 0.2) is 88.9 Å². The Morgan fingerprint density at radius 1 is 1.06 bits per heavy atom. The van der Waals surface area contributed by atoms with Crippen LogP contribution in [0.2, 0.25) is 0 Å². The number of hydrogen-bond acceptors (Lipinski definition) is 7. The van der Waals surface area contributed by atoms with E-state index >= 15 is 0 Å². The molecule has 10 nitrogen and oxygen atoms in total. The summed E-state index contributed by atoms with van der Waals surface area (Å²) in [6.45, 7) is 0. The molecular formula is C23H20N4O6S. The van der Waals surface area contributed by atoms with Gasteiger partial charge >= 0.3 is 0 Å². The Hall–Kier alpha value is -4.51. The van der Waals surface area contributed by atoms with E-state index in [0.29, 0.717) is 17.0 Å². The molecule has 34 heavy (non-hydrogen) atoms. The molecule has 3 rings (SSSR count). The van der Waals surface area contributed by atoms with Gasteiger partial charge in [-0.1, -0.05) is 18.2 Å². The molecule has 0 radical (unpaired) electrons. The van der Waals surface area contributed by atoms with Gasteiger partial charge in [0.05, 0.1) is 22.5 Å². The average molecular weight is 481 g/mol. The second kappa shape index (κ2) is 10.9. The van der Waals surface area contributed by atoms with Crippen LogP contribution in [0, 0.1) is 10.1 Å². The predicted molar refractivity (Wildman–Crippen MR) is 128 cm³/mol. The van der Waals surface area contributed by atoms with Crippen molar-refractivity contribution in [1.82, 2.24) is 5.43 Å². The molecule has 0 aromatic heterocycles. The minimum atomic E-state index is -3.94. The summed E-state index contributed by atoms with van der Waals surface area (Å²) in [5, 5.41) is 14.8. The Bertz CT molecular complexity index is 1350. The molecule has 0 unspecified atom stereocenters. The van der Waals surface area contributed by atoms with Crippen LogP contribution in [0.1, 0.15) is 15.9 Å². The van der Waals surface area contributed by atoms with Gasteiger partial charge in [0.25, 0.3) is 21.6 Å². The van der Waals surface area contributed by atoms with Gasteiger partial charge < -0.3 is 4.74 Å². The smallest absolute Gasteiger partial charge is 0.276 e. The van der Waals surface area contributed by atoms with Gasteiger partial charge in [-0.05, 0) is 60.7 Å². The number of carbonyl (C=O) groups is 1. The normalized spacial score (nSPS) is 11.4. The molecule has 0 bridgehead atoms. The SMILES string of the molecule is COc1ccc(NS(=O)(=O)c2cccc(C(=O)NN=CC=Cc3ccccc3[N+](=O)[O-])c2)cc1. The van der Waals surface area contributed by atoms with E-state index in [-0.39, 0.29) is 16.1 Å². The number of carbonyl (C=O) groups excluding carboxylic acids is 1. The van der Waals surface area contributed by atoms with Gasteiger partial charge in [-0.25, -0.2) is 13.8 Å². The molecular weight excluding hydrogens is 460 g/mol. The number of nitro groups is 1. The highest BCUT2D eigenvalue weighted by Crippen LogP contribution is 2.20. The van der Waals surface area contributed by atoms with E-state index in [9.17, 15) is 23.3 Å². The molecule has 174 valence electrons. The summed E-state index contributed by atoms with van der Waals surface area (Å²) in [4.78, 5) is 22.8. The number of amides is 1. The monoisotopic (exact) mass is 480 g/mol. The van der Waals surface area contributed by atoms with Gasteiger partial charge in [-0.3, -0.25) is 19.6 Å². The fourth-order valence-electron chi connectivity index (χ4n) is 2.82. The van der Waals surface area contributed by atoms with Crippen molar-refractivity contribution >= 4 is 39.6 Å². The summed E-state index contributed by atoms with van der Waals surface area (Å²) < 4.78 is 32.8. The van der Waals surface area contributed by atoms with E-state index in [1.807, 2.05) is 0 Å². The van der Waals surface area contributed by atoms with E-state index in [0.717, 1.165) is 0 Å². The lowest BCUT2D eigenvalue weighted by Crippen LogP contribution is -2.19. The fraction of sp³-hybridized carbons (Fsp3) is 0.0435. The van der Waals surface area contributed by atoms with Crippen molar-refractivity contribution in [3.8, 4) is 5.75 Å². The third kappa shape index (κ3) is 6.26. The number of benzene rings is 3. The van der Waals surface area contributed by atoms with Gasteiger partial charge in [0, 0.05) is 23.5 Å². The van der Waals surface area contributed by atoms with Gasteiger partial charge in [0.1, 0.15) is 5.75 Å². The van der Waals surface area contributed by atoms with Crippen LogP contribution in [0.4, 0.5) is 11.4 Å². The van der Waals surface area contributed by atoms with Crippen molar-refractivity contribution in [2.45, 2.75) is 4.90 Å². The molecule has 3 aromatic rings. The molecule has 0 heterocycles. The number of hydrogen-bond donors (Lipinski definition) is 2. The van der Waals surface area contributed by atoms with Crippen molar-refractivity contribution < 1.29 is 22.9 Å². The minimum Gasteiger partial charge on any atom is -0.497 e. The van der Waals surface area contributed by atoms with E-state index < -0.39 is 20.9 Å². The summed E-state index contributed by atoms with van der Waals surface area (Å²) in [6.07, 6.45) is 4.16. The first-order chi connectivity index (χ1) is 16.3. The summed E-state index contributed by atoms with van der Waals surface area (Å²) in [6, 6.07) is 18.0. The Morgan fingerprint density at radius 2 is 1.79 bits per heavy atom. The summed E-state index contributed by atoms with van der Waals surface area (Å²) in [5.74, 6) is -0.0455. The molecule has 0 aliphatic rings. The minimum absolute atomic E-state index is 0.0579. The number of anilines is 1. The number of hydrazone groups is 1. The number of methoxy groups -OCH3 is 1. The number of sulfonamides is 1. The number of allylic oxidation sites excluding steroid dienone is 1. The number of nitrogens with zero attached hydrogens (tertiary/aromatic N) is 2. The lowest BCUT2D eigenvalue weighted by atomic mass is 10.2. The molecule has 11 heteroatoms. The number of nitrogens with one attached hydrogen (secondary N) is 2. The van der Waals surface area contributed by atoms with Crippen LogP contribution in [0.5, 0.6) is 5.75 Å². The van der Waals surface area contributed by atoms with Crippen molar-refractivity contribution in [3.05, 3.63) is 100 Å². The number of para-hydroxylation sites is 1. The second-order valence-corrected chi connectivity index (χ2v) is 8.44. The van der Waals surface area contributed by atoms with E-state index in [1.54, 1.807) is 42.5 Å². The molecule has 0 fully saturated rings. The molecule has 0 saturated carbocycles. The van der Waals surface area contributed by atoms with Crippen LogP contribution >= 0.6 is 0 Å². The van der Waals surface area contributed by atoms with Crippen molar-refractivity contribution in [3.63, 3.8) is 0 Å². The van der Waals surface area contributed by atoms with Gasteiger partial charge in [0.15, 0.2) is 0 Å². The Kier molecular flexibility index (Phi) is 7.72. The summed E-state index contributed by atoms with van der Waals surface area (Å²) >= 11 is 0. The van der Waals surface area contributed by atoms with Crippen LogP contribution in [-0.2, 0) is 10.0 Å². The molecule has 1 amide bonds. The topological polar surface area (TPSA) is 140 Å². The van der Waals surface area contributed by atoms with Crippen LogP contribution in [0.25, 0.3) is 6.08 Å². The number of ether oxygens (including phenoxy) is 1. The van der Waals surface area contributed by atoms with Crippen molar-refractivity contribution in [2.75, 3.05) is 11.8 Å². The summed E-state index contributed by atoms with van der Waals surface area (Å²) in [7, 11) is -2.43. The van der Waals surface area contributed by atoms with Crippen LogP contribution < -0.4 is 14.9 Å². The van der Waals surface area contributed by atoms with Gasteiger partial charge in [0.2, 0.25) is 0 Å². The third-order valence-electron chi connectivity index (χ3n) is 4.48. The second-order valence-electron chi connectivity index (χ2n) is 6.76. The largest absolute Gasteiger partial charge is 0.497 e. The predicted octanol–water partition coefficient (Wildman–Crippen LogP) is 3.83. The highest BCUT2D eigenvalue weighted by molar-refractivity contribution is 7.92. The van der Waals surface area contributed by atoms with Crippen molar-refractivity contribution in [1.29, 1.82) is 0 Å². The third-order valence-corrected chi connectivity index (χ3v) is 5.86. The maximum atomic E-state index is 12.7. The van der Waals surface area contributed by atoms with E-state index in [4.69, 9.17) is 4.74 Å². The molecule has 0 atom stereocenters. The lowest BCUT2D eigenvalue weighted by Gasteiger charge is -2.09. The molecule has 0 spiro atoms. The maximum absolute atomic E-state index is 12.7. The number of nitro benzene ring substituents is 1. The number of rotatable bonds is 9. The highest BCUT2D eigenvalue weighted by Gasteiger charge is 2.16. The molecule has 0 saturated heterocycles. The zero-order valence-electron chi connectivity index (χ0n) is 17.9. The average Bonchev–Trinajstić information content (AvgIpc) is 2.84. The first kappa shape index (κ1) is 24.1. The quantitative estimate of drug-likeness (QED) is 0.271. The van der Waals surface area contributed by atoms with E-state index in [2.05, 4.69) is 15.2 Å². The van der Waals surface area contributed by atoms with E-state index in [1.165, 1.54) is 55.8 Å². The molecule has 0 aliphatic heterocycles. The Morgan fingerprint density at radius 3 is 2.50 bits per heavy atom. The van der Waals surface area contributed by atoms with Gasteiger partial charge in [-0.2, -0.15) is 5.10 Å². The Labute approximate surface area is 195 Å². The Balaban J connectivity index is 1.65. The zero-order chi connectivity index (χ0) is 24.6. The molecule has 3 aromatic carbocycles. The lowest BCUT2D eigenvalue weighted by molar-refractivity contribution is -0.385. The van der Waals surface area contributed by atoms with Gasteiger partial charge in [-0.15, -0.1) is 0 Å².